The minimum absolute atomic E-state index is 0.0364. The highest BCUT2D eigenvalue weighted by molar-refractivity contribution is 7.13. The number of allylic oxidation sites excluding steroid dienone is 1. The lowest BCUT2D eigenvalue weighted by Gasteiger charge is -2.12. The molecule has 4 nitrogen and oxygen atoms in total. The number of rotatable bonds is 6. The van der Waals surface area contributed by atoms with Crippen LogP contribution < -0.4 is 4.74 Å². The first-order valence-electron chi connectivity index (χ1n) is 7.81. The number of aromatic carboxylic acids is 1. The Hall–Kier alpha value is -3.18. The Balaban J connectivity index is 2.02. The Bertz CT molecular complexity index is 987. The number of thiophene rings is 1. The lowest BCUT2D eigenvalue weighted by atomic mass is 9.93. The largest absolute Gasteiger partial charge is 0.496 e. The van der Waals surface area contributed by atoms with E-state index in [1.165, 1.54) is 12.1 Å². The van der Waals surface area contributed by atoms with Gasteiger partial charge in [-0.15, -0.1) is 11.3 Å². The summed E-state index contributed by atoms with van der Waals surface area (Å²) >= 11 is 1.56. The first-order chi connectivity index (χ1) is 12.5. The molecule has 0 atom stereocenters. The minimum Gasteiger partial charge on any atom is -0.496 e. The summed E-state index contributed by atoms with van der Waals surface area (Å²) in [4.78, 5) is 25.2. The molecule has 0 aliphatic rings. The third kappa shape index (κ3) is 3.30. The van der Waals surface area contributed by atoms with E-state index in [4.69, 9.17) is 4.74 Å². The summed E-state index contributed by atoms with van der Waals surface area (Å²) in [5, 5.41) is 11.3. The molecule has 3 rings (SSSR count). The van der Waals surface area contributed by atoms with E-state index in [1.807, 2.05) is 23.6 Å². The fourth-order valence-electron chi connectivity index (χ4n) is 2.68. The molecule has 0 aliphatic heterocycles. The van der Waals surface area contributed by atoms with Crippen LogP contribution in [0.2, 0.25) is 0 Å². The molecule has 26 heavy (non-hydrogen) atoms. The summed E-state index contributed by atoms with van der Waals surface area (Å²) in [6, 6.07) is 15.4. The monoisotopic (exact) mass is 364 g/mol. The maximum atomic E-state index is 12.8. The van der Waals surface area contributed by atoms with Crippen molar-refractivity contribution in [3.63, 3.8) is 0 Å². The number of hydrogen-bond donors (Lipinski definition) is 1. The molecular weight excluding hydrogens is 348 g/mol. The molecule has 0 saturated carbocycles. The molecule has 2 aromatic carbocycles. The predicted octanol–water partition coefficient (Wildman–Crippen LogP) is 5.02. The van der Waals surface area contributed by atoms with Crippen LogP contribution in [0.25, 0.3) is 16.0 Å². The number of carbonyl (C=O) groups is 2. The average molecular weight is 364 g/mol. The topological polar surface area (TPSA) is 63.6 Å². The smallest absolute Gasteiger partial charge is 0.336 e. The van der Waals surface area contributed by atoms with E-state index in [9.17, 15) is 14.7 Å². The second-order valence-corrected chi connectivity index (χ2v) is 6.50. The molecule has 130 valence electrons. The minimum atomic E-state index is -1.14. The number of carbonyl (C=O) groups excluding carboxylic acids is 1. The van der Waals surface area contributed by atoms with E-state index in [1.54, 1.807) is 42.7 Å². The summed E-state index contributed by atoms with van der Waals surface area (Å²) < 4.78 is 5.41. The fourth-order valence-corrected chi connectivity index (χ4v) is 3.43. The van der Waals surface area contributed by atoms with Crippen LogP contribution in [0.15, 0.2) is 66.6 Å². The van der Waals surface area contributed by atoms with Crippen molar-refractivity contribution >= 4 is 28.7 Å². The van der Waals surface area contributed by atoms with Crippen LogP contribution in [0.3, 0.4) is 0 Å². The second kappa shape index (κ2) is 7.37. The fraction of sp³-hybridized carbons (Fsp3) is 0.0476. The molecule has 1 aromatic heterocycles. The van der Waals surface area contributed by atoms with Crippen LogP contribution >= 0.6 is 11.3 Å². The van der Waals surface area contributed by atoms with Crippen molar-refractivity contribution in [3.8, 4) is 16.2 Å². The summed E-state index contributed by atoms with van der Waals surface area (Å²) in [5.41, 5.74) is 1.81. The number of ether oxygens (including phenoxy) is 1. The van der Waals surface area contributed by atoms with Gasteiger partial charge in [0.1, 0.15) is 5.75 Å². The molecule has 3 aromatic rings. The lowest BCUT2D eigenvalue weighted by Crippen LogP contribution is -2.09. The van der Waals surface area contributed by atoms with Crippen LogP contribution in [0, 0.1) is 0 Å². The molecule has 0 spiro atoms. The van der Waals surface area contributed by atoms with Crippen LogP contribution in [0.1, 0.15) is 26.3 Å². The van der Waals surface area contributed by atoms with Gasteiger partial charge in [0.15, 0.2) is 5.78 Å². The number of ketones is 1. The van der Waals surface area contributed by atoms with Crippen LogP contribution in [-0.2, 0) is 0 Å². The van der Waals surface area contributed by atoms with Gasteiger partial charge < -0.3 is 9.84 Å². The van der Waals surface area contributed by atoms with Crippen molar-refractivity contribution in [2.75, 3.05) is 7.11 Å². The maximum Gasteiger partial charge on any atom is 0.336 e. The maximum absolute atomic E-state index is 12.8. The van der Waals surface area contributed by atoms with Crippen LogP contribution in [-0.4, -0.2) is 24.0 Å². The molecular formula is C21H16O4S. The highest BCUT2D eigenvalue weighted by Crippen LogP contribution is 2.35. The molecule has 0 aliphatic carbocycles. The number of hydrogen-bond acceptors (Lipinski definition) is 4. The Morgan fingerprint density at radius 2 is 1.77 bits per heavy atom. The van der Waals surface area contributed by atoms with Gasteiger partial charge in [0.05, 0.1) is 12.7 Å². The van der Waals surface area contributed by atoms with Gasteiger partial charge in [-0.3, -0.25) is 4.79 Å². The summed E-state index contributed by atoms with van der Waals surface area (Å²) in [6.07, 6.45) is 0. The van der Waals surface area contributed by atoms with E-state index in [0.717, 1.165) is 10.4 Å². The molecule has 0 unspecified atom stereocenters. The van der Waals surface area contributed by atoms with Gasteiger partial charge in [-0.25, -0.2) is 4.79 Å². The van der Waals surface area contributed by atoms with Crippen molar-refractivity contribution in [1.29, 1.82) is 0 Å². The molecule has 0 amide bonds. The lowest BCUT2D eigenvalue weighted by molar-refractivity contribution is 0.0693. The summed E-state index contributed by atoms with van der Waals surface area (Å²) in [7, 11) is 1.59. The summed E-state index contributed by atoms with van der Waals surface area (Å²) in [5.74, 6) is -0.858. The highest BCUT2D eigenvalue weighted by Gasteiger charge is 2.20. The van der Waals surface area contributed by atoms with Crippen molar-refractivity contribution in [2.45, 2.75) is 0 Å². The number of Topliss-reactive ketones (excluding diaryl/α,β-unsaturated/α-hetero) is 1. The average Bonchev–Trinajstić information content (AvgIpc) is 3.21. The zero-order chi connectivity index (χ0) is 18.7. The van der Waals surface area contributed by atoms with E-state index >= 15 is 0 Å². The molecule has 0 radical (unpaired) electrons. The third-order valence-corrected chi connectivity index (χ3v) is 4.91. The quantitative estimate of drug-likeness (QED) is 0.493. The van der Waals surface area contributed by atoms with E-state index in [-0.39, 0.29) is 16.7 Å². The van der Waals surface area contributed by atoms with Crippen molar-refractivity contribution in [1.82, 2.24) is 0 Å². The molecule has 1 heterocycles. The predicted molar refractivity (Wildman–Crippen MR) is 103 cm³/mol. The van der Waals surface area contributed by atoms with Gasteiger partial charge in [0, 0.05) is 21.6 Å². The number of benzene rings is 2. The molecule has 0 bridgehead atoms. The van der Waals surface area contributed by atoms with Crippen LogP contribution in [0.5, 0.6) is 5.75 Å². The Labute approximate surface area is 155 Å². The van der Waals surface area contributed by atoms with Gasteiger partial charge in [-0.05, 0) is 35.2 Å². The van der Waals surface area contributed by atoms with Crippen molar-refractivity contribution < 1.29 is 19.4 Å². The SMILES string of the molecule is C=C(C(=O)c1ccccc1C(=O)O)c1ccc(OC)c(-c2cccs2)c1. The first-order valence-corrected chi connectivity index (χ1v) is 8.69. The van der Waals surface area contributed by atoms with E-state index in [2.05, 4.69) is 6.58 Å². The second-order valence-electron chi connectivity index (χ2n) is 5.55. The third-order valence-electron chi connectivity index (χ3n) is 4.01. The number of carboxylic acid groups (broad SMARTS) is 1. The number of carboxylic acids is 1. The molecule has 1 N–H and O–H groups in total. The Morgan fingerprint density at radius 3 is 2.38 bits per heavy atom. The van der Waals surface area contributed by atoms with Gasteiger partial charge in [0.25, 0.3) is 0 Å². The van der Waals surface area contributed by atoms with Gasteiger partial charge >= 0.3 is 5.97 Å². The normalized spacial score (nSPS) is 10.3. The first kappa shape index (κ1) is 17.6. The standard InChI is InChI=1S/C21H16O4S/c1-13(20(22)15-6-3-4-7-16(15)21(23)24)14-9-10-18(25-2)17(12-14)19-8-5-11-26-19/h3-12H,1H2,2H3,(H,23,24). The Kier molecular flexibility index (Phi) is 5.00. The van der Waals surface area contributed by atoms with Gasteiger partial charge in [-0.1, -0.05) is 36.9 Å². The highest BCUT2D eigenvalue weighted by atomic mass is 32.1. The van der Waals surface area contributed by atoms with E-state index in [0.29, 0.717) is 11.3 Å². The Morgan fingerprint density at radius 1 is 1.04 bits per heavy atom. The van der Waals surface area contributed by atoms with Crippen molar-refractivity contribution in [2.24, 2.45) is 0 Å². The molecule has 0 saturated heterocycles. The zero-order valence-corrected chi connectivity index (χ0v) is 14.9. The zero-order valence-electron chi connectivity index (χ0n) is 14.1. The van der Waals surface area contributed by atoms with Gasteiger partial charge in [-0.2, -0.15) is 0 Å². The summed E-state index contributed by atoms with van der Waals surface area (Å²) in [6.45, 7) is 3.90. The molecule has 5 heteroatoms. The van der Waals surface area contributed by atoms with E-state index < -0.39 is 11.8 Å². The van der Waals surface area contributed by atoms with Gasteiger partial charge in [0.2, 0.25) is 0 Å². The van der Waals surface area contributed by atoms with Crippen molar-refractivity contribution in [3.05, 3.63) is 83.2 Å². The van der Waals surface area contributed by atoms with Crippen LogP contribution in [0.4, 0.5) is 0 Å². The number of methoxy groups -OCH3 is 1. The molecule has 0 fully saturated rings.